The van der Waals surface area contributed by atoms with Crippen LogP contribution in [0.25, 0.3) is 0 Å². The lowest BCUT2D eigenvalue weighted by molar-refractivity contribution is 0.00352. The van der Waals surface area contributed by atoms with E-state index in [-0.39, 0.29) is 6.10 Å². The molecule has 0 aromatic heterocycles. The van der Waals surface area contributed by atoms with Crippen LogP contribution in [0.3, 0.4) is 0 Å². The van der Waals surface area contributed by atoms with Crippen molar-refractivity contribution in [3.05, 3.63) is 0 Å². The van der Waals surface area contributed by atoms with E-state index in [2.05, 4.69) is 46.4 Å². The van der Waals surface area contributed by atoms with E-state index >= 15 is 0 Å². The van der Waals surface area contributed by atoms with E-state index in [9.17, 15) is 0 Å². The van der Waals surface area contributed by atoms with Gasteiger partial charge in [0.15, 0.2) is 16.6 Å². The molecule has 0 aromatic carbocycles. The molecule has 1 saturated heterocycles. The molecule has 2 N–H and O–H groups in total. The van der Waals surface area contributed by atoms with Gasteiger partial charge in [0.05, 0.1) is 12.2 Å². The summed E-state index contributed by atoms with van der Waals surface area (Å²) in [5.74, 6) is 0. The molecule has 0 aromatic rings. The molecule has 1 spiro atoms. The summed E-state index contributed by atoms with van der Waals surface area (Å²) in [5, 5.41) is 0. The van der Waals surface area contributed by atoms with Gasteiger partial charge in [-0.05, 0) is 67.5 Å². The van der Waals surface area contributed by atoms with Crippen molar-refractivity contribution in [3.63, 3.8) is 0 Å². The summed E-state index contributed by atoms with van der Waals surface area (Å²) in [5.41, 5.74) is 6.68. The second-order valence-corrected chi connectivity index (χ2v) is 18.9. The fourth-order valence-corrected chi connectivity index (χ4v) is 11.0. The van der Waals surface area contributed by atoms with Gasteiger partial charge in [-0.3, -0.25) is 4.90 Å². The summed E-state index contributed by atoms with van der Waals surface area (Å²) in [4.78, 5) is 2.62. The van der Waals surface area contributed by atoms with E-state index in [0.29, 0.717) is 18.1 Å². The molecule has 0 amide bonds. The zero-order valence-corrected chi connectivity index (χ0v) is 21.7. The van der Waals surface area contributed by atoms with Crippen LogP contribution in [-0.4, -0.2) is 59.9 Å². The van der Waals surface area contributed by atoms with Crippen LogP contribution < -0.4 is 5.73 Å². The molecule has 2 fully saturated rings. The van der Waals surface area contributed by atoms with E-state index in [4.69, 9.17) is 14.6 Å². The number of nitrogens with zero attached hydrogens (tertiary/aromatic N) is 1. The second-order valence-electron chi connectivity index (χ2n) is 9.44. The SMILES string of the molecule is CC[Si](CC)(CC)O[C@H](CN)CN1CCC2(CC2)[C@H](O[Si](CC)(CC)CC)C1. The lowest BCUT2D eigenvalue weighted by atomic mass is 9.90. The normalized spacial score (nSPS) is 23.9. The highest BCUT2D eigenvalue weighted by atomic mass is 28.4. The van der Waals surface area contributed by atoms with Crippen molar-refractivity contribution in [1.82, 2.24) is 4.90 Å². The van der Waals surface area contributed by atoms with Crippen molar-refractivity contribution in [3.8, 4) is 0 Å². The Kier molecular flexibility index (Phi) is 9.23. The minimum Gasteiger partial charge on any atom is -0.412 e. The highest BCUT2D eigenvalue weighted by molar-refractivity contribution is 6.74. The number of hydrogen-bond acceptors (Lipinski definition) is 4. The Morgan fingerprint density at radius 1 is 0.893 bits per heavy atom. The summed E-state index contributed by atoms with van der Waals surface area (Å²) in [6, 6.07) is 7.34. The summed E-state index contributed by atoms with van der Waals surface area (Å²) < 4.78 is 13.8. The monoisotopic (exact) mass is 428 g/mol. The zero-order valence-electron chi connectivity index (χ0n) is 19.7. The van der Waals surface area contributed by atoms with Crippen LogP contribution in [0.1, 0.15) is 60.8 Å². The lowest BCUT2D eigenvalue weighted by Gasteiger charge is -2.45. The van der Waals surface area contributed by atoms with E-state index in [1.54, 1.807) is 0 Å². The van der Waals surface area contributed by atoms with Crippen molar-refractivity contribution in [2.75, 3.05) is 26.2 Å². The van der Waals surface area contributed by atoms with Crippen LogP contribution in [0.5, 0.6) is 0 Å². The summed E-state index contributed by atoms with van der Waals surface area (Å²) in [6.07, 6.45) is 4.68. The van der Waals surface area contributed by atoms with E-state index in [1.165, 1.54) is 62.1 Å². The van der Waals surface area contributed by atoms with Gasteiger partial charge >= 0.3 is 0 Å². The Balaban J connectivity index is 2.02. The Labute approximate surface area is 177 Å². The second kappa shape index (κ2) is 10.5. The molecule has 1 aliphatic carbocycles. The lowest BCUT2D eigenvalue weighted by Crippen LogP contribution is -2.55. The Morgan fingerprint density at radius 3 is 1.86 bits per heavy atom. The van der Waals surface area contributed by atoms with Crippen molar-refractivity contribution in [2.45, 2.75) is 109 Å². The van der Waals surface area contributed by atoms with Crippen molar-refractivity contribution in [1.29, 1.82) is 0 Å². The van der Waals surface area contributed by atoms with Gasteiger partial charge in [-0.15, -0.1) is 0 Å². The molecule has 2 aliphatic rings. The quantitative estimate of drug-likeness (QED) is 0.409. The van der Waals surface area contributed by atoms with Gasteiger partial charge in [-0.2, -0.15) is 0 Å². The zero-order chi connectivity index (χ0) is 20.8. The number of piperidine rings is 1. The van der Waals surface area contributed by atoms with E-state index < -0.39 is 16.6 Å². The predicted molar refractivity (Wildman–Crippen MR) is 126 cm³/mol. The summed E-state index contributed by atoms with van der Waals surface area (Å²) >= 11 is 0. The predicted octanol–water partition coefficient (Wildman–Crippen LogP) is 5.21. The molecule has 2 atom stereocenters. The van der Waals surface area contributed by atoms with Crippen LogP contribution in [0.2, 0.25) is 36.3 Å². The number of likely N-dealkylation sites (tertiary alicyclic amines) is 1. The smallest absolute Gasteiger partial charge is 0.192 e. The molecule has 1 saturated carbocycles. The largest absolute Gasteiger partial charge is 0.412 e. The average Bonchev–Trinajstić information content (AvgIpc) is 3.52. The first-order valence-corrected chi connectivity index (χ1v) is 17.2. The maximum Gasteiger partial charge on any atom is 0.192 e. The maximum atomic E-state index is 7.05. The molecule has 1 heterocycles. The molecule has 166 valence electrons. The summed E-state index contributed by atoms with van der Waals surface area (Å²) in [6.45, 7) is 17.9. The first-order chi connectivity index (χ1) is 13.4. The Hall–Kier alpha value is 0.274. The van der Waals surface area contributed by atoms with Crippen LogP contribution in [0, 0.1) is 5.41 Å². The Bertz CT molecular complexity index is 449. The molecule has 0 unspecified atom stereocenters. The van der Waals surface area contributed by atoms with Crippen molar-refractivity contribution < 1.29 is 8.85 Å². The van der Waals surface area contributed by atoms with Gasteiger partial charge in [0.25, 0.3) is 0 Å². The van der Waals surface area contributed by atoms with Crippen LogP contribution >= 0.6 is 0 Å². The average molecular weight is 429 g/mol. The fourth-order valence-electron chi connectivity index (χ4n) is 5.23. The van der Waals surface area contributed by atoms with Gasteiger partial charge in [-0.25, -0.2) is 0 Å². The number of hydrogen-bond donors (Lipinski definition) is 1. The highest BCUT2D eigenvalue weighted by Gasteiger charge is 2.54. The van der Waals surface area contributed by atoms with Crippen LogP contribution in [0.4, 0.5) is 0 Å². The molecule has 2 rings (SSSR count). The molecule has 0 bridgehead atoms. The van der Waals surface area contributed by atoms with Crippen molar-refractivity contribution in [2.24, 2.45) is 11.1 Å². The Morgan fingerprint density at radius 2 is 1.43 bits per heavy atom. The van der Waals surface area contributed by atoms with Crippen LogP contribution in [0.15, 0.2) is 0 Å². The van der Waals surface area contributed by atoms with Gasteiger partial charge in [0, 0.05) is 19.6 Å². The fraction of sp³-hybridized carbons (Fsp3) is 1.00. The maximum absolute atomic E-state index is 7.05. The highest BCUT2D eigenvalue weighted by Crippen LogP contribution is 2.55. The molecule has 0 radical (unpaired) electrons. The topological polar surface area (TPSA) is 47.7 Å². The third kappa shape index (κ3) is 5.49. The number of rotatable bonds is 13. The van der Waals surface area contributed by atoms with Crippen molar-refractivity contribution >= 4 is 16.6 Å². The molecule has 28 heavy (non-hydrogen) atoms. The molecule has 6 heteroatoms. The van der Waals surface area contributed by atoms with Gasteiger partial charge < -0.3 is 14.6 Å². The van der Waals surface area contributed by atoms with E-state index in [0.717, 1.165) is 13.1 Å². The summed E-state index contributed by atoms with van der Waals surface area (Å²) in [7, 11) is -3.17. The number of nitrogens with two attached hydrogens (primary N) is 1. The first kappa shape index (κ1) is 24.5. The molecular formula is C22H48N2O2Si2. The third-order valence-electron chi connectivity index (χ3n) is 8.32. The van der Waals surface area contributed by atoms with Crippen LogP contribution in [-0.2, 0) is 8.85 Å². The molecular weight excluding hydrogens is 380 g/mol. The van der Waals surface area contributed by atoms with Gasteiger partial charge in [0.2, 0.25) is 0 Å². The first-order valence-electron chi connectivity index (χ1n) is 12.2. The molecule has 4 nitrogen and oxygen atoms in total. The minimum atomic E-state index is -1.61. The third-order valence-corrected chi connectivity index (χ3v) is 17.7. The van der Waals surface area contributed by atoms with Gasteiger partial charge in [-0.1, -0.05) is 41.5 Å². The van der Waals surface area contributed by atoms with E-state index in [1.807, 2.05) is 0 Å². The van der Waals surface area contributed by atoms with Gasteiger partial charge in [0.1, 0.15) is 0 Å². The minimum absolute atomic E-state index is 0.186. The molecule has 1 aliphatic heterocycles. The standard InChI is InChI=1S/C22H48N2O2Si2/c1-7-27(8-2,9-3)25-20(17-23)18-24-16-15-22(13-14-22)21(19-24)26-28(10-4,11-5)12-6/h20-21H,7-19,23H2,1-6H3/t20-,21-/m1/s1.